The second kappa shape index (κ2) is 7.02. The van der Waals surface area contributed by atoms with Gasteiger partial charge in [0.25, 0.3) is 0 Å². The molecule has 1 aromatic carbocycles. The van der Waals surface area contributed by atoms with Crippen LogP contribution < -0.4 is 0 Å². The molecule has 1 aliphatic rings. The minimum absolute atomic E-state index is 0.428. The average Bonchev–Trinajstić information content (AvgIpc) is 2.49. The Balaban J connectivity index is 2.24. The lowest BCUT2D eigenvalue weighted by atomic mass is 10.0. The molecule has 0 aromatic heterocycles. The van der Waals surface area contributed by atoms with Gasteiger partial charge in [-0.1, -0.05) is 17.7 Å². The maximum Gasteiger partial charge on any atom is 0.184 e. The van der Waals surface area contributed by atoms with Crippen molar-refractivity contribution < 1.29 is 29.9 Å². The van der Waals surface area contributed by atoms with Gasteiger partial charge in [-0.15, -0.1) is 0 Å². The Morgan fingerprint density at radius 3 is 2.57 bits per heavy atom. The highest BCUT2D eigenvalue weighted by molar-refractivity contribution is 6.31. The SMILES string of the molecule is Cc1cc(C2OC([C@H](O)CO)[C@H](O)[C@H](CO)O2)ccc1Cl. The number of aliphatic hydroxyl groups excluding tert-OH is 4. The molecule has 1 aliphatic heterocycles. The van der Waals surface area contributed by atoms with E-state index in [1.54, 1.807) is 18.2 Å². The molecule has 5 atom stereocenters. The highest BCUT2D eigenvalue weighted by atomic mass is 35.5. The number of hydrogen-bond acceptors (Lipinski definition) is 6. The summed E-state index contributed by atoms with van der Waals surface area (Å²) >= 11 is 5.97. The van der Waals surface area contributed by atoms with Crippen molar-refractivity contribution in [1.29, 1.82) is 0 Å². The van der Waals surface area contributed by atoms with Crippen LogP contribution in [0.4, 0.5) is 0 Å². The number of aliphatic hydroxyl groups is 4. The number of hydrogen-bond donors (Lipinski definition) is 4. The molecule has 0 bridgehead atoms. The molecule has 7 heteroatoms. The second-order valence-corrected chi connectivity index (χ2v) is 5.45. The molecule has 6 nitrogen and oxygen atoms in total. The summed E-state index contributed by atoms with van der Waals surface area (Å²) in [4.78, 5) is 0. The molecule has 1 saturated heterocycles. The van der Waals surface area contributed by atoms with E-state index >= 15 is 0 Å². The summed E-state index contributed by atoms with van der Waals surface area (Å²) in [5.74, 6) is 0. The van der Waals surface area contributed by atoms with Crippen molar-refractivity contribution in [3.63, 3.8) is 0 Å². The summed E-state index contributed by atoms with van der Waals surface area (Å²) in [6, 6.07) is 5.16. The van der Waals surface area contributed by atoms with E-state index in [-0.39, 0.29) is 0 Å². The Morgan fingerprint density at radius 1 is 1.29 bits per heavy atom. The van der Waals surface area contributed by atoms with Crippen molar-refractivity contribution in [1.82, 2.24) is 0 Å². The van der Waals surface area contributed by atoms with Gasteiger partial charge in [0.05, 0.1) is 13.2 Å². The summed E-state index contributed by atoms with van der Waals surface area (Å²) in [7, 11) is 0. The van der Waals surface area contributed by atoms with E-state index in [4.69, 9.17) is 26.2 Å². The quantitative estimate of drug-likeness (QED) is 0.630. The summed E-state index contributed by atoms with van der Waals surface area (Å²) < 4.78 is 11.0. The van der Waals surface area contributed by atoms with Gasteiger partial charge in [-0.2, -0.15) is 0 Å². The van der Waals surface area contributed by atoms with Gasteiger partial charge in [-0.25, -0.2) is 0 Å². The standard InChI is InChI=1S/C14H19ClO6/c1-7-4-8(2-3-9(7)15)14-20-11(6-17)12(19)13(21-14)10(18)5-16/h2-4,10-14,16-19H,5-6H2,1H3/t10-,11+,12-,13?,14?/m1/s1. The lowest BCUT2D eigenvalue weighted by Crippen LogP contribution is -2.54. The van der Waals surface area contributed by atoms with Crippen molar-refractivity contribution in [2.75, 3.05) is 13.2 Å². The molecule has 2 rings (SSSR count). The summed E-state index contributed by atoms with van der Waals surface area (Å²) in [6.45, 7) is 0.835. The topological polar surface area (TPSA) is 99.4 Å². The fourth-order valence-electron chi connectivity index (χ4n) is 2.25. The molecule has 1 aromatic rings. The summed E-state index contributed by atoms with van der Waals surface area (Å²) in [6.07, 6.45) is -5.34. The molecular formula is C14H19ClO6. The molecule has 1 heterocycles. The number of benzene rings is 1. The van der Waals surface area contributed by atoms with Gasteiger partial charge in [0.1, 0.15) is 24.4 Å². The summed E-state index contributed by atoms with van der Waals surface area (Å²) in [5, 5.41) is 38.7. The number of halogens is 1. The van der Waals surface area contributed by atoms with Crippen molar-refractivity contribution in [2.24, 2.45) is 0 Å². The van der Waals surface area contributed by atoms with Crippen molar-refractivity contribution in [2.45, 2.75) is 37.6 Å². The van der Waals surface area contributed by atoms with Gasteiger partial charge in [0, 0.05) is 10.6 Å². The van der Waals surface area contributed by atoms with Crippen LogP contribution in [-0.4, -0.2) is 58.1 Å². The average molecular weight is 319 g/mol. The van der Waals surface area contributed by atoms with Crippen LogP contribution in [0.15, 0.2) is 18.2 Å². The van der Waals surface area contributed by atoms with Crippen molar-refractivity contribution >= 4 is 11.6 Å². The smallest absolute Gasteiger partial charge is 0.184 e. The lowest BCUT2D eigenvalue weighted by Gasteiger charge is -2.40. The third-order valence-electron chi connectivity index (χ3n) is 3.50. The maximum atomic E-state index is 9.99. The van der Waals surface area contributed by atoms with E-state index in [2.05, 4.69) is 0 Å². The van der Waals surface area contributed by atoms with E-state index in [0.29, 0.717) is 10.6 Å². The van der Waals surface area contributed by atoms with E-state index in [0.717, 1.165) is 5.56 Å². The lowest BCUT2D eigenvalue weighted by molar-refractivity contribution is -0.310. The van der Waals surface area contributed by atoms with Crippen LogP contribution in [-0.2, 0) is 9.47 Å². The van der Waals surface area contributed by atoms with E-state index < -0.39 is 43.9 Å². The minimum Gasteiger partial charge on any atom is -0.394 e. The van der Waals surface area contributed by atoms with Crippen LogP contribution in [0.2, 0.25) is 5.02 Å². The molecule has 0 aliphatic carbocycles. The Bertz CT molecular complexity index is 483. The minimum atomic E-state index is -1.27. The fraction of sp³-hybridized carbons (Fsp3) is 0.571. The van der Waals surface area contributed by atoms with Crippen LogP contribution in [0.5, 0.6) is 0 Å². The maximum absolute atomic E-state index is 9.99. The zero-order chi connectivity index (χ0) is 15.6. The molecule has 2 unspecified atom stereocenters. The highest BCUT2D eigenvalue weighted by Crippen LogP contribution is 2.32. The molecular weight excluding hydrogens is 300 g/mol. The Kier molecular flexibility index (Phi) is 5.56. The third-order valence-corrected chi connectivity index (χ3v) is 3.92. The van der Waals surface area contributed by atoms with E-state index in [1.807, 2.05) is 6.92 Å². The van der Waals surface area contributed by atoms with Crippen molar-refractivity contribution in [3.05, 3.63) is 34.3 Å². The van der Waals surface area contributed by atoms with Crippen LogP contribution in [0.1, 0.15) is 17.4 Å². The molecule has 118 valence electrons. The van der Waals surface area contributed by atoms with Crippen LogP contribution in [0.3, 0.4) is 0 Å². The van der Waals surface area contributed by atoms with Gasteiger partial charge in [0.2, 0.25) is 0 Å². The zero-order valence-corrected chi connectivity index (χ0v) is 12.3. The number of rotatable bonds is 4. The predicted octanol–water partition coefficient (Wildman–Crippen LogP) is 0.137. The molecule has 0 saturated carbocycles. The molecule has 21 heavy (non-hydrogen) atoms. The molecule has 4 N–H and O–H groups in total. The predicted molar refractivity (Wildman–Crippen MR) is 74.9 cm³/mol. The van der Waals surface area contributed by atoms with Crippen molar-refractivity contribution in [3.8, 4) is 0 Å². The first kappa shape index (κ1) is 16.6. The van der Waals surface area contributed by atoms with Gasteiger partial charge < -0.3 is 29.9 Å². The van der Waals surface area contributed by atoms with Crippen LogP contribution in [0.25, 0.3) is 0 Å². The molecule has 0 radical (unpaired) electrons. The molecule has 0 amide bonds. The highest BCUT2D eigenvalue weighted by Gasteiger charge is 2.42. The first-order valence-electron chi connectivity index (χ1n) is 6.62. The number of aryl methyl sites for hydroxylation is 1. The largest absolute Gasteiger partial charge is 0.394 e. The monoisotopic (exact) mass is 318 g/mol. The van der Waals surface area contributed by atoms with Gasteiger partial charge in [-0.3, -0.25) is 0 Å². The first-order valence-corrected chi connectivity index (χ1v) is 7.00. The van der Waals surface area contributed by atoms with Gasteiger partial charge >= 0.3 is 0 Å². The van der Waals surface area contributed by atoms with E-state index in [1.165, 1.54) is 0 Å². The Labute approximate surface area is 127 Å². The first-order chi connectivity index (χ1) is 9.97. The molecule has 0 spiro atoms. The molecule has 1 fully saturated rings. The van der Waals surface area contributed by atoms with Crippen LogP contribution >= 0.6 is 11.6 Å². The zero-order valence-electron chi connectivity index (χ0n) is 11.5. The van der Waals surface area contributed by atoms with Crippen LogP contribution in [0, 0.1) is 6.92 Å². The Hall–Kier alpha value is -0.730. The third kappa shape index (κ3) is 3.54. The van der Waals surface area contributed by atoms with Gasteiger partial charge in [-0.05, 0) is 24.6 Å². The van der Waals surface area contributed by atoms with E-state index in [9.17, 15) is 15.3 Å². The fourth-order valence-corrected chi connectivity index (χ4v) is 2.37. The summed E-state index contributed by atoms with van der Waals surface area (Å²) in [5.41, 5.74) is 1.48. The number of ether oxygens (including phenoxy) is 2. The van der Waals surface area contributed by atoms with Gasteiger partial charge in [0.15, 0.2) is 6.29 Å². The normalized spacial score (nSPS) is 31.1. The second-order valence-electron chi connectivity index (χ2n) is 5.04. The Morgan fingerprint density at radius 2 is 2.00 bits per heavy atom.